The number of amides is 1. The van der Waals surface area contributed by atoms with Crippen LogP contribution in [0.5, 0.6) is 0 Å². The van der Waals surface area contributed by atoms with E-state index in [0.29, 0.717) is 5.33 Å². The molecule has 14 heavy (non-hydrogen) atoms. The highest BCUT2D eigenvalue weighted by molar-refractivity contribution is 9.09. The number of hydrogen-bond acceptors (Lipinski definition) is 1. The van der Waals surface area contributed by atoms with Gasteiger partial charge in [-0.2, -0.15) is 0 Å². The number of carbonyl (C=O) groups is 1. The van der Waals surface area contributed by atoms with E-state index in [1.165, 1.54) is 6.92 Å². The number of para-hydroxylation sites is 1. The van der Waals surface area contributed by atoms with E-state index in [9.17, 15) is 4.79 Å². The average Bonchev–Trinajstić information content (AvgIpc) is 2.16. The Morgan fingerprint density at radius 2 is 2.21 bits per heavy atom. The van der Waals surface area contributed by atoms with Crippen molar-refractivity contribution in [2.45, 2.75) is 6.92 Å². The molecule has 1 aromatic rings. The van der Waals surface area contributed by atoms with Gasteiger partial charge in [0.25, 0.3) is 0 Å². The number of alkyl halides is 1. The van der Waals surface area contributed by atoms with Gasteiger partial charge in [0.1, 0.15) is 0 Å². The van der Waals surface area contributed by atoms with Crippen molar-refractivity contribution in [2.24, 2.45) is 0 Å². The summed E-state index contributed by atoms with van der Waals surface area (Å²) < 4.78 is 0. The molecule has 0 atom stereocenters. The van der Waals surface area contributed by atoms with Gasteiger partial charge in [-0.25, -0.2) is 0 Å². The number of anilines is 1. The molecule has 0 radical (unpaired) electrons. The molecule has 0 fully saturated rings. The topological polar surface area (TPSA) is 29.1 Å². The Bertz CT molecular complexity index is 390. The normalized spacial score (nSPS) is 8.71. The first-order valence-corrected chi connectivity index (χ1v) is 5.27. The zero-order valence-electron chi connectivity index (χ0n) is 7.80. The highest BCUT2D eigenvalue weighted by atomic mass is 79.9. The van der Waals surface area contributed by atoms with Gasteiger partial charge in [0.15, 0.2) is 0 Å². The van der Waals surface area contributed by atoms with Crippen LogP contribution in [0.1, 0.15) is 12.5 Å². The van der Waals surface area contributed by atoms with Gasteiger partial charge in [-0.05, 0) is 12.1 Å². The van der Waals surface area contributed by atoms with Crippen molar-refractivity contribution in [1.82, 2.24) is 0 Å². The molecule has 0 aliphatic heterocycles. The highest BCUT2D eigenvalue weighted by Crippen LogP contribution is 2.13. The quantitative estimate of drug-likeness (QED) is 0.603. The Morgan fingerprint density at radius 3 is 2.86 bits per heavy atom. The standard InChI is InChI=1S/C11H10BrNO/c1-9(14)13-11-7-3-2-5-10(11)6-4-8-12/h2-3,5,7H,8H2,1H3,(H,13,14). The molecule has 1 rings (SSSR count). The zero-order valence-corrected chi connectivity index (χ0v) is 9.39. The van der Waals surface area contributed by atoms with Crippen molar-refractivity contribution < 1.29 is 4.79 Å². The molecule has 2 nitrogen and oxygen atoms in total. The molecular formula is C11H10BrNO. The van der Waals surface area contributed by atoms with Crippen LogP contribution in [-0.4, -0.2) is 11.2 Å². The number of rotatable bonds is 1. The first-order valence-electron chi connectivity index (χ1n) is 4.15. The van der Waals surface area contributed by atoms with Crippen LogP contribution in [0.25, 0.3) is 0 Å². The summed E-state index contributed by atoms with van der Waals surface area (Å²) in [7, 11) is 0. The first kappa shape index (κ1) is 10.8. The van der Waals surface area contributed by atoms with Crippen molar-refractivity contribution in [3.8, 4) is 11.8 Å². The molecule has 1 N–H and O–H groups in total. The van der Waals surface area contributed by atoms with Gasteiger partial charge in [0.05, 0.1) is 11.0 Å². The number of nitrogens with one attached hydrogen (secondary N) is 1. The summed E-state index contributed by atoms with van der Waals surface area (Å²) in [6, 6.07) is 7.47. The number of carbonyl (C=O) groups excluding carboxylic acids is 1. The highest BCUT2D eigenvalue weighted by Gasteiger charge is 1.99. The Morgan fingerprint density at radius 1 is 1.50 bits per heavy atom. The van der Waals surface area contributed by atoms with E-state index < -0.39 is 0 Å². The molecule has 0 aliphatic carbocycles. The SMILES string of the molecule is CC(=O)Nc1ccccc1C#CCBr. The van der Waals surface area contributed by atoms with Gasteiger partial charge in [0, 0.05) is 12.5 Å². The molecule has 0 heterocycles. The molecule has 1 amide bonds. The van der Waals surface area contributed by atoms with Crippen LogP contribution >= 0.6 is 15.9 Å². The Hall–Kier alpha value is -1.27. The summed E-state index contributed by atoms with van der Waals surface area (Å²) in [4.78, 5) is 10.9. The Labute approximate surface area is 91.8 Å². The maximum absolute atomic E-state index is 10.9. The zero-order chi connectivity index (χ0) is 10.4. The summed E-state index contributed by atoms with van der Waals surface area (Å²) in [5.74, 6) is 5.77. The molecule has 0 saturated heterocycles. The first-order chi connectivity index (χ1) is 6.74. The predicted octanol–water partition coefficient (Wildman–Crippen LogP) is 2.39. The number of benzene rings is 1. The third-order valence-corrected chi connectivity index (χ3v) is 1.81. The average molecular weight is 252 g/mol. The summed E-state index contributed by atoms with van der Waals surface area (Å²) in [6.07, 6.45) is 0. The van der Waals surface area contributed by atoms with Crippen molar-refractivity contribution in [2.75, 3.05) is 10.6 Å². The summed E-state index contributed by atoms with van der Waals surface area (Å²) in [5, 5.41) is 3.35. The second kappa shape index (κ2) is 5.46. The Kier molecular flexibility index (Phi) is 4.21. The van der Waals surface area contributed by atoms with Crippen LogP contribution < -0.4 is 5.32 Å². The molecule has 0 spiro atoms. The summed E-state index contributed by atoms with van der Waals surface area (Å²) >= 11 is 3.22. The van der Waals surface area contributed by atoms with Gasteiger partial charge >= 0.3 is 0 Å². The lowest BCUT2D eigenvalue weighted by Crippen LogP contribution is -2.06. The van der Waals surface area contributed by atoms with Crippen LogP contribution in [0.2, 0.25) is 0 Å². The van der Waals surface area contributed by atoms with Crippen LogP contribution in [-0.2, 0) is 4.79 Å². The largest absolute Gasteiger partial charge is 0.325 e. The van der Waals surface area contributed by atoms with Crippen molar-refractivity contribution in [3.63, 3.8) is 0 Å². The smallest absolute Gasteiger partial charge is 0.221 e. The van der Waals surface area contributed by atoms with Gasteiger partial charge in [-0.3, -0.25) is 4.79 Å². The maximum Gasteiger partial charge on any atom is 0.221 e. The van der Waals surface area contributed by atoms with Crippen molar-refractivity contribution in [3.05, 3.63) is 29.8 Å². The lowest BCUT2D eigenvalue weighted by Gasteiger charge is -2.03. The monoisotopic (exact) mass is 251 g/mol. The van der Waals surface area contributed by atoms with Crippen LogP contribution in [0.4, 0.5) is 5.69 Å². The molecule has 0 aliphatic rings. The van der Waals surface area contributed by atoms with Crippen LogP contribution in [0.3, 0.4) is 0 Å². The number of halogens is 1. The molecule has 0 unspecified atom stereocenters. The minimum Gasteiger partial charge on any atom is -0.325 e. The van der Waals surface area contributed by atoms with Gasteiger partial charge in [-0.15, -0.1) is 0 Å². The van der Waals surface area contributed by atoms with Crippen molar-refractivity contribution >= 4 is 27.5 Å². The predicted molar refractivity (Wildman–Crippen MR) is 61.4 cm³/mol. The second-order valence-corrected chi connectivity index (χ2v) is 3.22. The minimum absolute atomic E-state index is 0.0851. The third kappa shape index (κ3) is 3.23. The van der Waals surface area contributed by atoms with E-state index in [1.54, 1.807) is 0 Å². The van der Waals surface area contributed by atoms with Gasteiger partial charge in [0.2, 0.25) is 5.91 Å². The lowest BCUT2D eigenvalue weighted by atomic mass is 10.2. The third-order valence-electron chi connectivity index (χ3n) is 1.53. The fourth-order valence-electron chi connectivity index (χ4n) is 1.02. The second-order valence-electron chi connectivity index (χ2n) is 2.66. The Balaban J connectivity index is 2.96. The molecule has 72 valence electrons. The van der Waals surface area contributed by atoms with Gasteiger partial charge in [-0.1, -0.05) is 39.9 Å². The molecule has 3 heteroatoms. The van der Waals surface area contributed by atoms with Gasteiger partial charge < -0.3 is 5.32 Å². The summed E-state index contributed by atoms with van der Waals surface area (Å²) in [6.45, 7) is 1.48. The van der Waals surface area contributed by atoms with Crippen LogP contribution in [0.15, 0.2) is 24.3 Å². The van der Waals surface area contributed by atoms with Crippen molar-refractivity contribution in [1.29, 1.82) is 0 Å². The van der Waals surface area contributed by atoms with E-state index in [2.05, 4.69) is 33.1 Å². The fraction of sp³-hybridized carbons (Fsp3) is 0.182. The van der Waals surface area contributed by atoms with E-state index in [-0.39, 0.29) is 5.91 Å². The lowest BCUT2D eigenvalue weighted by molar-refractivity contribution is -0.114. The molecule has 0 saturated carbocycles. The fourth-order valence-corrected chi connectivity index (χ4v) is 1.16. The van der Waals surface area contributed by atoms with E-state index >= 15 is 0 Å². The van der Waals surface area contributed by atoms with Crippen LogP contribution in [0, 0.1) is 11.8 Å². The molecule has 1 aromatic carbocycles. The maximum atomic E-state index is 10.9. The molecule has 0 aromatic heterocycles. The number of hydrogen-bond donors (Lipinski definition) is 1. The molecule has 0 bridgehead atoms. The van der Waals surface area contributed by atoms with E-state index in [4.69, 9.17) is 0 Å². The van der Waals surface area contributed by atoms with E-state index in [0.717, 1.165) is 11.3 Å². The summed E-state index contributed by atoms with van der Waals surface area (Å²) in [5.41, 5.74) is 1.59. The van der Waals surface area contributed by atoms with E-state index in [1.807, 2.05) is 24.3 Å². The minimum atomic E-state index is -0.0851. The molecular weight excluding hydrogens is 242 g/mol.